The second-order valence-electron chi connectivity index (χ2n) is 6.49. The van der Waals surface area contributed by atoms with E-state index in [1.54, 1.807) is 31.2 Å². The third-order valence-electron chi connectivity index (χ3n) is 4.25. The molecule has 2 aromatic carbocycles. The van der Waals surface area contributed by atoms with Crippen LogP contribution in [0.2, 0.25) is 5.02 Å². The van der Waals surface area contributed by atoms with Crippen LogP contribution in [-0.4, -0.2) is 32.6 Å². The molecule has 6 nitrogen and oxygen atoms in total. The van der Waals surface area contributed by atoms with Crippen LogP contribution < -0.4 is 5.32 Å². The van der Waals surface area contributed by atoms with E-state index >= 15 is 0 Å². The first-order valence-corrected chi connectivity index (χ1v) is 8.96. The number of hydrogen-bond donors (Lipinski definition) is 2. The number of halogens is 1. The molecule has 7 heteroatoms. The van der Waals surface area contributed by atoms with E-state index in [4.69, 9.17) is 11.6 Å². The lowest BCUT2D eigenvalue weighted by Crippen LogP contribution is -2.29. The Balaban J connectivity index is 1.73. The lowest BCUT2D eigenvalue weighted by molar-refractivity contribution is 0.0910. The topological polar surface area (TPSA) is 80.0 Å². The lowest BCUT2D eigenvalue weighted by Gasteiger charge is -2.12. The number of carbonyl (C=O) groups is 1. The van der Waals surface area contributed by atoms with E-state index in [-0.39, 0.29) is 18.1 Å². The summed E-state index contributed by atoms with van der Waals surface area (Å²) in [5.74, 6) is -0.385. The van der Waals surface area contributed by atoms with E-state index in [0.717, 1.165) is 16.8 Å². The van der Waals surface area contributed by atoms with Gasteiger partial charge >= 0.3 is 0 Å². The molecule has 0 unspecified atom stereocenters. The van der Waals surface area contributed by atoms with E-state index in [0.29, 0.717) is 16.3 Å². The van der Waals surface area contributed by atoms with Gasteiger partial charge in [0.15, 0.2) is 5.69 Å². The lowest BCUT2D eigenvalue weighted by atomic mass is 10.1. The van der Waals surface area contributed by atoms with Gasteiger partial charge in [-0.2, -0.15) is 9.90 Å². The highest BCUT2D eigenvalue weighted by Crippen LogP contribution is 2.18. The van der Waals surface area contributed by atoms with Crippen LogP contribution in [0, 0.1) is 20.8 Å². The number of carbonyl (C=O) groups excluding carboxylic acids is 1. The normalized spacial score (nSPS) is 12.0. The van der Waals surface area contributed by atoms with Crippen LogP contribution in [0.3, 0.4) is 0 Å². The second kappa shape index (κ2) is 7.90. The van der Waals surface area contributed by atoms with Crippen LogP contribution in [0.1, 0.15) is 39.0 Å². The first-order valence-electron chi connectivity index (χ1n) is 8.58. The van der Waals surface area contributed by atoms with Gasteiger partial charge in [0, 0.05) is 11.6 Å². The molecule has 0 spiro atoms. The zero-order valence-electron chi connectivity index (χ0n) is 15.4. The molecule has 1 aromatic heterocycles. The average molecular weight is 385 g/mol. The molecule has 0 aliphatic heterocycles. The van der Waals surface area contributed by atoms with Gasteiger partial charge in [-0.15, -0.1) is 5.10 Å². The number of hydrogen-bond acceptors (Lipinski definition) is 4. The van der Waals surface area contributed by atoms with E-state index < -0.39 is 6.10 Å². The Bertz CT molecular complexity index is 984. The minimum absolute atomic E-state index is 0.0506. The molecular weight excluding hydrogens is 364 g/mol. The van der Waals surface area contributed by atoms with Gasteiger partial charge in [-0.1, -0.05) is 41.4 Å². The van der Waals surface area contributed by atoms with Crippen LogP contribution >= 0.6 is 11.6 Å². The number of nitrogens with zero attached hydrogens (tertiary/aromatic N) is 3. The molecule has 27 heavy (non-hydrogen) atoms. The van der Waals surface area contributed by atoms with Crippen molar-refractivity contribution in [3.8, 4) is 5.69 Å². The SMILES string of the molecule is Cc1ccc(-n2nc(C)c(C(=O)NC[C@@H](O)c3cccc(Cl)c3)n2)c(C)c1. The molecule has 140 valence electrons. The summed E-state index contributed by atoms with van der Waals surface area (Å²) in [6, 6.07) is 12.8. The Labute approximate surface area is 162 Å². The molecule has 0 aliphatic carbocycles. The minimum atomic E-state index is -0.859. The summed E-state index contributed by atoms with van der Waals surface area (Å²) in [6.07, 6.45) is -0.859. The Hall–Kier alpha value is -2.70. The van der Waals surface area contributed by atoms with Gasteiger partial charge in [0.25, 0.3) is 5.91 Å². The van der Waals surface area contributed by atoms with E-state index in [2.05, 4.69) is 15.5 Å². The third kappa shape index (κ3) is 4.35. The Morgan fingerprint density at radius 3 is 2.67 bits per heavy atom. The number of aliphatic hydroxyl groups excluding tert-OH is 1. The number of aryl methyl sites for hydroxylation is 3. The molecule has 1 atom stereocenters. The quantitative estimate of drug-likeness (QED) is 0.707. The number of aromatic nitrogens is 3. The maximum Gasteiger partial charge on any atom is 0.273 e. The third-order valence-corrected chi connectivity index (χ3v) is 4.49. The molecular formula is C20H21ClN4O2. The largest absolute Gasteiger partial charge is 0.387 e. The molecule has 0 fully saturated rings. The molecule has 0 aliphatic rings. The number of aliphatic hydroxyl groups is 1. The Morgan fingerprint density at radius 2 is 1.96 bits per heavy atom. The highest BCUT2D eigenvalue weighted by atomic mass is 35.5. The number of nitrogens with one attached hydrogen (secondary N) is 1. The molecule has 0 bridgehead atoms. The standard InChI is InChI=1S/C20H21ClN4O2/c1-12-7-8-17(13(2)9-12)25-23-14(3)19(24-25)20(27)22-11-18(26)15-5-4-6-16(21)10-15/h4-10,18,26H,11H2,1-3H3,(H,22,27)/t18-/m1/s1. The van der Waals surface area contributed by atoms with E-state index in [1.807, 2.05) is 32.0 Å². The predicted molar refractivity (Wildman–Crippen MR) is 104 cm³/mol. The molecule has 0 radical (unpaired) electrons. The summed E-state index contributed by atoms with van der Waals surface area (Å²) in [5, 5.41) is 22.2. The van der Waals surface area contributed by atoms with Crippen molar-refractivity contribution in [2.24, 2.45) is 0 Å². The summed E-state index contributed by atoms with van der Waals surface area (Å²) in [4.78, 5) is 14.0. The summed E-state index contributed by atoms with van der Waals surface area (Å²) >= 11 is 5.93. The molecule has 1 amide bonds. The first kappa shape index (κ1) is 19.1. The van der Waals surface area contributed by atoms with Crippen molar-refractivity contribution in [1.82, 2.24) is 20.3 Å². The molecule has 2 N–H and O–H groups in total. The van der Waals surface area contributed by atoms with Crippen molar-refractivity contribution < 1.29 is 9.90 Å². The van der Waals surface area contributed by atoms with Crippen molar-refractivity contribution >= 4 is 17.5 Å². The summed E-state index contributed by atoms with van der Waals surface area (Å²) in [6.45, 7) is 5.77. The predicted octanol–water partition coefficient (Wildman–Crippen LogP) is 3.31. The second-order valence-corrected chi connectivity index (χ2v) is 6.93. The van der Waals surface area contributed by atoms with Gasteiger partial charge < -0.3 is 10.4 Å². The van der Waals surface area contributed by atoms with Crippen LogP contribution in [0.25, 0.3) is 5.69 Å². The molecule has 3 aromatic rings. The fraction of sp³-hybridized carbons (Fsp3) is 0.250. The van der Waals surface area contributed by atoms with Crippen LogP contribution in [0.4, 0.5) is 0 Å². The summed E-state index contributed by atoms with van der Waals surface area (Å²) in [5.41, 5.74) is 4.37. The maximum absolute atomic E-state index is 12.5. The molecule has 1 heterocycles. The summed E-state index contributed by atoms with van der Waals surface area (Å²) < 4.78 is 0. The van der Waals surface area contributed by atoms with Gasteiger partial charge in [-0.05, 0) is 50.1 Å². The van der Waals surface area contributed by atoms with Crippen molar-refractivity contribution in [2.45, 2.75) is 26.9 Å². The van der Waals surface area contributed by atoms with Crippen molar-refractivity contribution in [3.63, 3.8) is 0 Å². The zero-order valence-corrected chi connectivity index (χ0v) is 16.2. The smallest absolute Gasteiger partial charge is 0.273 e. The van der Waals surface area contributed by atoms with Crippen molar-refractivity contribution in [2.75, 3.05) is 6.54 Å². The maximum atomic E-state index is 12.5. The van der Waals surface area contributed by atoms with Gasteiger partial charge in [0.1, 0.15) is 0 Å². The summed E-state index contributed by atoms with van der Waals surface area (Å²) in [7, 11) is 0. The van der Waals surface area contributed by atoms with Crippen LogP contribution in [0.15, 0.2) is 42.5 Å². The molecule has 0 saturated heterocycles. The molecule has 0 saturated carbocycles. The fourth-order valence-corrected chi connectivity index (χ4v) is 3.03. The Morgan fingerprint density at radius 1 is 1.19 bits per heavy atom. The van der Waals surface area contributed by atoms with Crippen LogP contribution in [0.5, 0.6) is 0 Å². The van der Waals surface area contributed by atoms with E-state index in [9.17, 15) is 9.90 Å². The Kier molecular flexibility index (Phi) is 5.58. The van der Waals surface area contributed by atoms with Gasteiger partial charge in [0.2, 0.25) is 0 Å². The first-order chi connectivity index (χ1) is 12.8. The van der Waals surface area contributed by atoms with Crippen LogP contribution in [-0.2, 0) is 0 Å². The van der Waals surface area contributed by atoms with Gasteiger partial charge in [-0.25, -0.2) is 0 Å². The van der Waals surface area contributed by atoms with Gasteiger partial charge in [-0.3, -0.25) is 4.79 Å². The fourth-order valence-electron chi connectivity index (χ4n) is 2.83. The minimum Gasteiger partial charge on any atom is -0.387 e. The number of rotatable bonds is 5. The van der Waals surface area contributed by atoms with Gasteiger partial charge in [0.05, 0.1) is 17.5 Å². The van der Waals surface area contributed by atoms with Crippen molar-refractivity contribution in [3.05, 3.63) is 75.6 Å². The number of amides is 1. The highest BCUT2D eigenvalue weighted by molar-refractivity contribution is 6.30. The zero-order chi connectivity index (χ0) is 19.6. The van der Waals surface area contributed by atoms with E-state index in [1.165, 1.54) is 4.80 Å². The highest BCUT2D eigenvalue weighted by Gasteiger charge is 2.18. The molecule has 3 rings (SSSR count). The number of benzene rings is 2. The monoisotopic (exact) mass is 384 g/mol. The average Bonchev–Trinajstić information content (AvgIpc) is 3.01. The van der Waals surface area contributed by atoms with Crippen molar-refractivity contribution in [1.29, 1.82) is 0 Å².